The summed E-state index contributed by atoms with van der Waals surface area (Å²) in [7, 11) is 4.62. The first kappa shape index (κ1) is 17.9. The largest absolute Gasteiger partial charge is 0.497 e. The van der Waals surface area contributed by atoms with Crippen molar-refractivity contribution in [2.24, 2.45) is 0 Å². The van der Waals surface area contributed by atoms with Gasteiger partial charge in [-0.1, -0.05) is 6.07 Å². The molecule has 0 unspecified atom stereocenters. The van der Waals surface area contributed by atoms with Gasteiger partial charge in [-0.05, 0) is 48.0 Å². The highest BCUT2D eigenvalue weighted by Gasteiger charge is 2.11. The van der Waals surface area contributed by atoms with Crippen LogP contribution in [0.4, 0.5) is 5.69 Å². The third kappa shape index (κ3) is 4.52. The molecule has 25 heavy (non-hydrogen) atoms. The SMILES string of the molecule is COc1ccc(NC(=O)C(C#N)=Cc2ccc(OC)c(OC)c2)cc1. The first-order chi connectivity index (χ1) is 12.1. The number of methoxy groups -OCH3 is 3. The van der Waals surface area contributed by atoms with Crippen LogP contribution in [0, 0.1) is 11.3 Å². The molecule has 0 fully saturated rings. The monoisotopic (exact) mass is 338 g/mol. The van der Waals surface area contributed by atoms with Crippen molar-refractivity contribution in [2.75, 3.05) is 26.6 Å². The molecule has 0 bridgehead atoms. The van der Waals surface area contributed by atoms with E-state index in [1.807, 2.05) is 6.07 Å². The van der Waals surface area contributed by atoms with E-state index >= 15 is 0 Å². The van der Waals surface area contributed by atoms with E-state index in [4.69, 9.17) is 14.2 Å². The maximum absolute atomic E-state index is 12.3. The summed E-state index contributed by atoms with van der Waals surface area (Å²) in [6, 6.07) is 13.9. The normalized spacial score (nSPS) is 10.6. The van der Waals surface area contributed by atoms with Crippen molar-refractivity contribution >= 4 is 17.7 Å². The fraction of sp³-hybridized carbons (Fsp3) is 0.158. The van der Waals surface area contributed by atoms with Crippen LogP contribution in [-0.4, -0.2) is 27.2 Å². The standard InChI is InChI=1S/C19H18N2O4/c1-23-16-7-5-15(6-8-16)21-19(22)14(12-20)10-13-4-9-17(24-2)18(11-13)25-3/h4-11H,1-3H3,(H,21,22). The van der Waals surface area contributed by atoms with Crippen LogP contribution in [-0.2, 0) is 4.79 Å². The van der Waals surface area contributed by atoms with Gasteiger partial charge in [-0.2, -0.15) is 5.26 Å². The number of nitrogens with zero attached hydrogens (tertiary/aromatic N) is 1. The lowest BCUT2D eigenvalue weighted by Gasteiger charge is -2.08. The zero-order valence-corrected chi connectivity index (χ0v) is 14.2. The first-order valence-corrected chi connectivity index (χ1v) is 7.40. The van der Waals surface area contributed by atoms with E-state index in [2.05, 4.69) is 5.32 Å². The summed E-state index contributed by atoms with van der Waals surface area (Å²) in [6.07, 6.45) is 1.49. The summed E-state index contributed by atoms with van der Waals surface area (Å²) in [4.78, 5) is 12.3. The van der Waals surface area contributed by atoms with Crippen LogP contribution in [0.25, 0.3) is 6.08 Å². The quantitative estimate of drug-likeness (QED) is 0.646. The van der Waals surface area contributed by atoms with Crippen molar-refractivity contribution in [1.29, 1.82) is 5.26 Å². The summed E-state index contributed by atoms with van der Waals surface area (Å²) < 4.78 is 15.5. The molecule has 128 valence electrons. The van der Waals surface area contributed by atoms with Crippen molar-refractivity contribution < 1.29 is 19.0 Å². The van der Waals surface area contributed by atoms with E-state index in [-0.39, 0.29) is 5.57 Å². The minimum atomic E-state index is -0.498. The van der Waals surface area contributed by atoms with Crippen LogP contribution in [0.15, 0.2) is 48.0 Å². The van der Waals surface area contributed by atoms with Gasteiger partial charge >= 0.3 is 0 Å². The van der Waals surface area contributed by atoms with Gasteiger partial charge in [-0.3, -0.25) is 4.79 Å². The summed E-state index contributed by atoms with van der Waals surface area (Å²) in [5, 5.41) is 12.0. The lowest BCUT2D eigenvalue weighted by molar-refractivity contribution is -0.112. The Morgan fingerprint density at radius 1 is 1.00 bits per heavy atom. The maximum atomic E-state index is 12.3. The Morgan fingerprint density at radius 2 is 1.68 bits per heavy atom. The number of anilines is 1. The molecular formula is C19H18N2O4. The van der Waals surface area contributed by atoms with Crippen LogP contribution in [0.5, 0.6) is 17.2 Å². The molecule has 2 aromatic carbocycles. The van der Waals surface area contributed by atoms with E-state index in [0.29, 0.717) is 28.5 Å². The molecule has 0 aliphatic heterocycles. The number of benzene rings is 2. The third-order valence-electron chi connectivity index (χ3n) is 3.43. The highest BCUT2D eigenvalue weighted by Crippen LogP contribution is 2.28. The van der Waals surface area contributed by atoms with Crippen molar-refractivity contribution in [3.8, 4) is 23.3 Å². The van der Waals surface area contributed by atoms with Gasteiger partial charge in [0.25, 0.3) is 5.91 Å². The maximum Gasteiger partial charge on any atom is 0.266 e. The molecule has 0 aromatic heterocycles. The molecule has 0 aliphatic carbocycles. The van der Waals surface area contributed by atoms with E-state index in [0.717, 1.165) is 0 Å². The molecule has 0 spiro atoms. The highest BCUT2D eigenvalue weighted by molar-refractivity contribution is 6.09. The average molecular weight is 338 g/mol. The molecule has 0 radical (unpaired) electrons. The van der Waals surface area contributed by atoms with Crippen LogP contribution in [0.1, 0.15) is 5.56 Å². The van der Waals surface area contributed by atoms with Gasteiger partial charge in [0.05, 0.1) is 21.3 Å². The van der Waals surface area contributed by atoms with Crippen LogP contribution >= 0.6 is 0 Å². The fourth-order valence-corrected chi connectivity index (χ4v) is 2.13. The molecule has 1 amide bonds. The molecule has 2 aromatic rings. The zero-order chi connectivity index (χ0) is 18.2. The Hall–Kier alpha value is -3.46. The van der Waals surface area contributed by atoms with Crippen LogP contribution < -0.4 is 19.5 Å². The highest BCUT2D eigenvalue weighted by atomic mass is 16.5. The van der Waals surface area contributed by atoms with Gasteiger partial charge in [0, 0.05) is 5.69 Å². The Kier molecular flexibility index (Phi) is 6.02. The van der Waals surface area contributed by atoms with Crippen molar-refractivity contribution in [2.45, 2.75) is 0 Å². The fourth-order valence-electron chi connectivity index (χ4n) is 2.13. The number of ether oxygens (including phenoxy) is 3. The summed E-state index contributed by atoms with van der Waals surface area (Å²) in [6.45, 7) is 0. The van der Waals surface area contributed by atoms with Gasteiger partial charge in [-0.15, -0.1) is 0 Å². The van der Waals surface area contributed by atoms with E-state index in [1.54, 1.807) is 49.6 Å². The number of hydrogen-bond donors (Lipinski definition) is 1. The number of carbonyl (C=O) groups is 1. The Balaban J connectivity index is 2.21. The Bertz CT molecular complexity index is 820. The second-order valence-corrected chi connectivity index (χ2v) is 4.97. The number of carbonyl (C=O) groups excluding carboxylic acids is 1. The second kappa shape index (κ2) is 8.41. The van der Waals surface area contributed by atoms with Gasteiger partial charge in [0.2, 0.25) is 0 Å². The molecule has 6 heteroatoms. The predicted octanol–water partition coefficient (Wildman–Crippen LogP) is 3.26. The zero-order valence-electron chi connectivity index (χ0n) is 14.2. The van der Waals surface area contributed by atoms with Crippen LogP contribution in [0.3, 0.4) is 0 Å². The minimum Gasteiger partial charge on any atom is -0.497 e. The molecule has 1 N–H and O–H groups in total. The van der Waals surface area contributed by atoms with Crippen molar-refractivity contribution in [1.82, 2.24) is 0 Å². The topological polar surface area (TPSA) is 80.6 Å². The van der Waals surface area contributed by atoms with Gasteiger partial charge < -0.3 is 19.5 Å². The lowest BCUT2D eigenvalue weighted by Crippen LogP contribution is -2.13. The Morgan fingerprint density at radius 3 is 2.24 bits per heavy atom. The number of nitrogens with one attached hydrogen (secondary N) is 1. The number of rotatable bonds is 6. The van der Waals surface area contributed by atoms with E-state index in [9.17, 15) is 10.1 Å². The predicted molar refractivity (Wildman–Crippen MR) is 94.8 cm³/mol. The second-order valence-electron chi connectivity index (χ2n) is 4.97. The third-order valence-corrected chi connectivity index (χ3v) is 3.43. The minimum absolute atomic E-state index is 0.0250. The first-order valence-electron chi connectivity index (χ1n) is 7.40. The molecule has 6 nitrogen and oxygen atoms in total. The number of hydrogen-bond acceptors (Lipinski definition) is 5. The summed E-state index contributed by atoms with van der Waals surface area (Å²) in [5.41, 5.74) is 1.20. The summed E-state index contributed by atoms with van der Waals surface area (Å²) >= 11 is 0. The molecule has 2 rings (SSSR count). The van der Waals surface area contributed by atoms with E-state index < -0.39 is 5.91 Å². The van der Waals surface area contributed by atoms with Crippen molar-refractivity contribution in [3.05, 3.63) is 53.6 Å². The van der Waals surface area contributed by atoms with E-state index in [1.165, 1.54) is 20.3 Å². The summed E-state index contributed by atoms with van der Waals surface area (Å²) in [5.74, 6) is 1.27. The molecule has 0 saturated heterocycles. The molecular weight excluding hydrogens is 320 g/mol. The molecule has 0 aliphatic rings. The molecule has 0 atom stereocenters. The smallest absolute Gasteiger partial charge is 0.266 e. The van der Waals surface area contributed by atoms with Gasteiger partial charge in [0.15, 0.2) is 11.5 Å². The van der Waals surface area contributed by atoms with Crippen molar-refractivity contribution in [3.63, 3.8) is 0 Å². The molecule has 0 heterocycles. The van der Waals surface area contributed by atoms with Gasteiger partial charge in [0.1, 0.15) is 17.4 Å². The lowest BCUT2D eigenvalue weighted by atomic mass is 10.1. The average Bonchev–Trinajstić information content (AvgIpc) is 2.66. The molecule has 0 saturated carbocycles. The van der Waals surface area contributed by atoms with Crippen LogP contribution in [0.2, 0.25) is 0 Å². The number of amides is 1. The number of nitriles is 1. The Labute approximate surface area is 146 Å². The van der Waals surface area contributed by atoms with Gasteiger partial charge in [-0.25, -0.2) is 0 Å².